The van der Waals surface area contributed by atoms with Gasteiger partial charge in [0, 0.05) is 6.42 Å². The molecule has 1 aromatic carbocycles. The van der Waals surface area contributed by atoms with Gasteiger partial charge in [0.2, 0.25) is 6.79 Å². The smallest absolute Gasteiger partial charge is 0.231 e. The molecule has 0 aromatic heterocycles. The van der Waals surface area contributed by atoms with E-state index in [-0.39, 0.29) is 6.79 Å². The molecule has 2 aliphatic rings. The molecule has 1 N–H and O–H groups in total. The lowest BCUT2D eigenvalue weighted by molar-refractivity contribution is 0.118. The monoisotopic (exact) mass is 220 g/mol. The van der Waals surface area contributed by atoms with Crippen LogP contribution in [0.15, 0.2) is 30.0 Å². The largest absolute Gasteiger partial charge is 0.495 e. The highest BCUT2D eigenvalue weighted by atomic mass is 16.7. The van der Waals surface area contributed by atoms with Crippen molar-refractivity contribution in [3.63, 3.8) is 0 Å². The molecule has 0 saturated carbocycles. The predicted octanol–water partition coefficient (Wildman–Crippen LogP) is 1.75. The normalized spacial score (nSPS) is 19.2. The van der Waals surface area contributed by atoms with Gasteiger partial charge in [0.1, 0.15) is 11.9 Å². The van der Waals surface area contributed by atoms with Gasteiger partial charge in [-0.25, -0.2) is 0 Å². The van der Waals surface area contributed by atoms with E-state index in [1.54, 1.807) is 12.1 Å². The molecule has 0 spiro atoms. The average molecular weight is 220 g/mol. The zero-order valence-electron chi connectivity index (χ0n) is 8.68. The summed E-state index contributed by atoms with van der Waals surface area (Å²) in [5.74, 6) is 2.02. The van der Waals surface area contributed by atoms with Crippen molar-refractivity contribution >= 4 is 0 Å². The second kappa shape index (κ2) is 3.72. The second-order valence-corrected chi connectivity index (χ2v) is 3.76. The summed E-state index contributed by atoms with van der Waals surface area (Å²) in [4.78, 5) is 0. The van der Waals surface area contributed by atoms with Gasteiger partial charge >= 0.3 is 0 Å². The molecule has 0 fully saturated rings. The van der Waals surface area contributed by atoms with Crippen molar-refractivity contribution in [2.24, 2.45) is 0 Å². The molecule has 4 nitrogen and oxygen atoms in total. The SMILES string of the molecule is OC(C1=CCCO1)c1ccc2c(c1)OCO2. The van der Waals surface area contributed by atoms with Crippen molar-refractivity contribution in [2.45, 2.75) is 12.5 Å². The first-order chi connectivity index (χ1) is 7.84. The number of aliphatic hydroxyl groups excluding tert-OH is 1. The first kappa shape index (κ1) is 9.54. The highest BCUT2D eigenvalue weighted by Crippen LogP contribution is 2.36. The molecule has 3 rings (SSSR count). The van der Waals surface area contributed by atoms with E-state index in [4.69, 9.17) is 14.2 Å². The third-order valence-electron chi connectivity index (χ3n) is 2.71. The summed E-state index contributed by atoms with van der Waals surface area (Å²) in [6.45, 7) is 0.894. The van der Waals surface area contributed by atoms with Gasteiger partial charge in [0.25, 0.3) is 0 Å². The number of fused-ring (bicyclic) bond motifs is 1. The fraction of sp³-hybridized carbons (Fsp3) is 0.333. The Morgan fingerprint density at radius 2 is 2.00 bits per heavy atom. The molecule has 16 heavy (non-hydrogen) atoms. The Kier molecular flexibility index (Phi) is 2.22. The molecule has 0 amide bonds. The Hall–Kier alpha value is -1.68. The first-order valence-electron chi connectivity index (χ1n) is 5.25. The van der Waals surface area contributed by atoms with E-state index in [0.29, 0.717) is 18.1 Å². The van der Waals surface area contributed by atoms with Crippen molar-refractivity contribution in [2.75, 3.05) is 13.4 Å². The van der Waals surface area contributed by atoms with Crippen molar-refractivity contribution in [1.82, 2.24) is 0 Å². The summed E-state index contributed by atoms with van der Waals surface area (Å²) in [7, 11) is 0. The summed E-state index contributed by atoms with van der Waals surface area (Å²) in [5, 5.41) is 10.1. The number of hydrogen-bond donors (Lipinski definition) is 1. The minimum Gasteiger partial charge on any atom is -0.495 e. The summed E-state index contributed by atoms with van der Waals surface area (Å²) < 4.78 is 15.8. The number of benzene rings is 1. The fourth-order valence-electron chi connectivity index (χ4n) is 1.87. The Balaban J connectivity index is 1.89. The lowest BCUT2D eigenvalue weighted by Crippen LogP contribution is -2.02. The van der Waals surface area contributed by atoms with Crippen LogP contribution in [0.3, 0.4) is 0 Å². The predicted molar refractivity (Wildman–Crippen MR) is 56.2 cm³/mol. The Morgan fingerprint density at radius 1 is 1.12 bits per heavy atom. The van der Waals surface area contributed by atoms with Crippen LogP contribution in [0.5, 0.6) is 11.5 Å². The van der Waals surface area contributed by atoms with Crippen molar-refractivity contribution in [3.8, 4) is 11.5 Å². The van der Waals surface area contributed by atoms with E-state index in [9.17, 15) is 5.11 Å². The standard InChI is InChI=1S/C12H12O4/c13-12(10-2-1-5-14-10)8-3-4-9-11(6-8)16-7-15-9/h2-4,6,12-13H,1,5,7H2. The molecule has 1 aromatic rings. The van der Waals surface area contributed by atoms with Crippen LogP contribution in [0.2, 0.25) is 0 Å². The van der Waals surface area contributed by atoms with Crippen molar-refractivity contribution < 1.29 is 19.3 Å². The topological polar surface area (TPSA) is 47.9 Å². The third kappa shape index (κ3) is 1.51. The minimum atomic E-state index is -0.711. The highest BCUT2D eigenvalue weighted by molar-refractivity contribution is 5.46. The minimum absolute atomic E-state index is 0.244. The molecule has 1 unspecified atom stereocenters. The molecule has 0 bridgehead atoms. The molecular formula is C12H12O4. The van der Waals surface area contributed by atoms with E-state index in [2.05, 4.69) is 0 Å². The molecule has 0 saturated heterocycles. The maximum Gasteiger partial charge on any atom is 0.231 e. The van der Waals surface area contributed by atoms with Crippen molar-refractivity contribution in [3.05, 3.63) is 35.6 Å². The second-order valence-electron chi connectivity index (χ2n) is 3.76. The molecule has 84 valence electrons. The van der Waals surface area contributed by atoms with Crippen LogP contribution in [0.4, 0.5) is 0 Å². The lowest BCUT2D eigenvalue weighted by Gasteiger charge is -2.12. The molecule has 2 heterocycles. The Morgan fingerprint density at radius 3 is 2.81 bits per heavy atom. The molecule has 0 aliphatic carbocycles. The summed E-state index contributed by atoms with van der Waals surface area (Å²) >= 11 is 0. The van der Waals surface area contributed by atoms with Crippen LogP contribution < -0.4 is 9.47 Å². The van der Waals surface area contributed by atoms with Gasteiger partial charge in [-0.15, -0.1) is 0 Å². The summed E-state index contributed by atoms with van der Waals surface area (Å²) in [6, 6.07) is 5.41. The Labute approximate surface area is 93.1 Å². The van der Waals surface area contributed by atoms with E-state index >= 15 is 0 Å². The van der Waals surface area contributed by atoms with Gasteiger partial charge in [-0.1, -0.05) is 6.07 Å². The zero-order chi connectivity index (χ0) is 11.0. The molecule has 0 radical (unpaired) electrons. The lowest BCUT2D eigenvalue weighted by atomic mass is 10.1. The molecular weight excluding hydrogens is 208 g/mol. The molecule has 2 aliphatic heterocycles. The highest BCUT2D eigenvalue weighted by Gasteiger charge is 2.21. The van der Waals surface area contributed by atoms with E-state index < -0.39 is 6.10 Å². The number of hydrogen-bond acceptors (Lipinski definition) is 4. The number of rotatable bonds is 2. The van der Waals surface area contributed by atoms with Crippen LogP contribution in [0.1, 0.15) is 18.1 Å². The van der Waals surface area contributed by atoms with Gasteiger partial charge in [-0.05, 0) is 23.8 Å². The molecule has 1 atom stereocenters. The van der Waals surface area contributed by atoms with Gasteiger partial charge < -0.3 is 19.3 Å². The van der Waals surface area contributed by atoms with Crippen molar-refractivity contribution in [1.29, 1.82) is 0 Å². The number of ether oxygens (including phenoxy) is 3. The van der Waals surface area contributed by atoms with E-state index in [0.717, 1.165) is 17.7 Å². The van der Waals surface area contributed by atoms with Gasteiger partial charge in [-0.2, -0.15) is 0 Å². The van der Waals surface area contributed by atoms with E-state index in [1.165, 1.54) is 0 Å². The van der Waals surface area contributed by atoms with Crippen LogP contribution >= 0.6 is 0 Å². The quantitative estimate of drug-likeness (QED) is 0.824. The first-order valence-corrected chi connectivity index (χ1v) is 5.25. The van der Waals surface area contributed by atoms with E-state index in [1.807, 2.05) is 12.1 Å². The maximum atomic E-state index is 10.1. The van der Waals surface area contributed by atoms with Crippen LogP contribution in [-0.4, -0.2) is 18.5 Å². The van der Waals surface area contributed by atoms with Gasteiger partial charge in [0.15, 0.2) is 11.5 Å². The van der Waals surface area contributed by atoms with Gasteiger partial charge in [-0.3, -0.25) is 0 Å². The maximum absolute atomic E-state index is 10.1. The summed E-state index contributed by atoms with van der Waals surface area (Å²) in [5.41, 5.74) is 0.761. The van der Waals surface area contributed by atoms with Crippen LogP contribution in [0.25, 0.3) is 0 Å². The van der Waals surface area contributed by atoms with Crippen LogP contribution in [0, 0.1) is 0 Å². The fourth-order valence-corrected chi connectivity index (χ4v) is 1.87. The third-order valence-corrected chi connectivity index (χ3v) is 2.71. The summed E-state index contributed by atoms with van der Waals surface area (Å²) in [6.07, 6.45) is 2.06. The van der Waals surface area contributed by atoms with Crippen LogP contribution in [-0.2, 0) is 4.74 Å². The Bertz CT molecular complexity index is 439. The number of aliphatic hydroxyl groups is 1. The van der Waals surface area contributed by atoms with Gasteiger partial charge in [0.05, 0.1) is 6.61 Å². The zero-order valence-corrected chi connectivity index (χ0v) is 8.68. The average Bonchev–Trinajstić information content (AvgIpc) is 2.98. The molecule has 4 heteroatoms.